The third-order valence-electron chi connectivity index (χ3n) is 6.14. The summed E-state index contributed by atoms with van der Waals surface area (Å²) in [6.07, 6.45) is 5.16. The summed E-state index contributed by atoms with van der Waals surface area (Å²) in [4.78, 5) is 60.5. The lowest BCUT2D eigenvalue weighted by Crippen LogP contribution is -2.57. The van der Waals surface area contributed by atoms with Gasteiger partial charge in [-0.05, 0) is 30.9 Å². The van der Waals surface area contributed by atoms with Gasteiger partial charge >= 0.3 is 5.97 Å². The molecule has 38 heavy (non-hydrogen) atoms. The number of rotatable bonds is 13. The Morgan fingerprint density at radius 2 is 1.66 bits per heavy atom. The molecule has 0 aliphatic rings. The third-order valence-corrected chi connectivity index (χ3v) is 6.14. The molecule has 0 bridgehead atoms. The fraction of sp³-hybridized carbons (Fsp3) is 0.423. The van der Waals surface area contributed by atoms with Crippen molar-refractivity contribution in [2.24, 2.45) is 11.7 Å². The Labute approximate surface area is 220 Å². The number of hydrogen-bond donors (Lipinski definition) is 7. The van der Waals surface area contributed by atoms with E-state index >= 15 is 0 Å². The van der Waals surface area contributed by atoms with Crippen LogP contribution in [0.3, 0.4) is 0 Å². The summed E-state index contributed by atoms with van der Waals surface area (Å²) in [7, 11) is 0. The number of imidazole rings is 1. The maximum absolute atomic E-state index is 13.3. The number of nitrogens with one attached hydrogen (secondary N) is 5. The Kier molecular flexibility index (Phi) is 9.61. The fourth-order valence-electron chi connectivity index (χ4n) is 4.12. The summed E-state index contributed by atoms with van der Waals surface area (Å²) < 4.78 is 0. The zero-order valence-corrected chi connectivity index (χ0v) is 21.7. The molecule has 4 atom stereocenters. The number of nitrogens with zero attached hydrogens (tertiary/aromatic N) is 1. The van der Waals surface area contributed by atoms with Crippen molar-refractivity contribution in [2.75, 3.05) is 0 Å². The van der Waals surface area contributed by atoms with Gasteiger partial charge in [0.2, 0.25) is 17.7 Å². The number of H-pyrrole nitrogens is 2. The number of nitrogens with two attached hydrogens (primary N) is 1. The molecule has 12 nitrogen and oxygen atoms in total. The molecule has 2 aromatic heterocycles. The first-order chi connectivity index (χ1) is 18.0. The van der Waals surface area contributed by atoms with Gasteiger partial charge in [-0.1, -0.05) is 32.0 Å². The number of carboxylic acids is 1. The molecule has 4 unspecified atom stereocenters. The van der Waals surface area contributed by atoms with Gasteiger partial charge in [-0.2, -0.15) is 0 Å². The van der Waals surface area contributed by atoms with Crippen molar-refractivity contribution in [1.82, 2.24) is 30.9 Å². The van der Waals surface area contributed by atoms with Crippen LogP contribution < -0.4 is 21.7 Å². The number of amides is 3. The molecular weight excluding hydrogens is 490 g/mol. The van der Waals surface area contributed by atoms with Gasteiger partial charge in [-0.3, -0.25) is 14.4 Å². The molecule has 0 saturated heterocycles. The predicted octanol–water partition coefficient (Wildman–Crippen LogP) is 0.609. The zero-order chi connectivity index (χ0) is 27.8. The quantitative estimate of drug-likeness (QED) is 0.170. The molecule has 8 N–H and O–H groups in total. The van der Waals surface area contributed by atoms with E-state index in [1.165, 1.54) is 19.4 Å². The lowest BCUT2D eigenvalue weighted by atomic mass is 10.0. The Morgan fingerprint density at radius 1 is 0.947 bits per heavy atom. The second-order valence-corrected chi connectivity index (χ2v) is 9.77. The molecule has 2 heterocycles. The molecule has 12 heteroatoms. The van der Waals surface area contributed by atoms with Gasteiger partial charge in [-0.25, -0.2) is 9.78 Å². The smallest absolute Gasteiger partial charge is 0.326 e. The second-order valence-electron chi connectivity index (χ2n) is 9.77. The van der Waals surface area contributed by atoms with Crippen LogP contribution in [0.2, 0.25) is 0 Å². The molecule has 0 saturated carbocycles. The maximum atomic E-state index is 13.3. The van der Waals surface area contributed by atoms with Gasteiger partial charge in [0.15, 0.2) is 0 Å². The van der Waals surface area contributed by atoms with Crippen molar-refractivity contribution in [2.45, 2.75) is 64.2 Å². The van der Waals surface area contributed by atoms with Crippen LogP contribution in [0.1, 0.15) is 38.4 Å². The molecular formula is C26H35N7O5. The molecule has 0 aliphatic carbocycles. The number of carboxylic acid groups (broad SMARTS) is 1. The summed E-state index contributed by atoms with van der Waals surface area (Å²) >= 11 is 0. The number of aromatic nitrogens is 3. The number of aliphatic carboxylic acids is 1. The molecule has 0 spiro atoms. The van der Waals surface area contributed by atoms with E-state index in [0.717, 1.165) is 16.5 Å². The fourth-order valence-corrected chi connectivity index (χ4v) is 4.12. The molecule has 1 aromatic carbocycles. The summed E-state index contributed by atoms with van der Waals surface area (Å²) in [5.41, 5.74) is 8.07. The summed E-state index contributed by atoms with van der Waals surface area (Å²) in [5, 5.41) is 18.3. The van der Waals surface area contributed by atoms with Crippen LogP contribution in [0.5, 0.6) is 0 Å². The van der Waals surface area contributed by atoms with Crippen LogP contribution in [-0.4, -0.2) is 67.9 Å². The average Bonchev–Trinajstić information content (AvgIpc) is 3.52. The summed E-state index contributed by atoms with van der Waals surface area (Å²) in [6.45, 7) is 5.37. The van der Waals surface area contributed by atoms with Crippen LogP contribution in [0.4, 0.5) is 0 Å². The third kappa shape index (κ3) is 7.65. The number of hydrogen-bond acceptors (Lipinski definition) is 6. The van der Waals surface area contributed by atoms with Crippen LogP contribution in [0, 0.1) is 5.92 Å². The zero-order valence-electron chi connectivity index (χ0n) is 21.7. The Hall–Kier alpha value is -4.19. The first-order valence-electron chi connectivity index (χ1n) is 12.5. The first-order valence-corrected chi connectivity index (χ1v) is 12.5. The van der Waals surface area contributed by atoms with E-state index in [9.17, 15) is 24.3 Å². The number of benzene rings is 1. The Morgan fingerprint density at radius 3 is 2.32 bits per heavy atom. The largest absolute Gasteiger partial charge is 0.480 e. The number of carbonyl (C=O) groups excluding carboxylic acids is 3. The van der Waals surface area contributed by atoms with Gasteiger partial charge in [0, 0.05) is 41.8 Å². The molecule has 204 valence electrons. The number of carbonyl (C=O) groups is 4. The highest BCUT2D eigenvalue weighted by molar-refractivity contribution is 5.94. The monoisotopic (exact) mass is 525 g/mol. The first kappa shape index (κ1) is 28.4. The standard InChI is InChI=1S/C26H35N7O5/c1-14(2)8-19(27)24(35)31-15(3)23(34)32-21(9-16-11-29-20-7-5-4-6-18(16)20)25(36)33-22(26(37)38)10-17-12-28-13-30-17/h4-7,11-15,19,21-22,29H,8-10,27H2,1-3H3,(H,28,30)(H,31,35)(H,32,34)(H,33,36)(H,37,38). The van der Waals surface area contributed by atoms with Crippen molar-refractivity contribution >= 4 is 34.6 Å². The van der Waals surface area contributed by atoms with Crippen molar-refractivity contribution in [3.05, 3.63) is 54.2 Å². The van der Waals surface area contributed by atoms with Crippen LogP contribution in [-0.2, 0) is 32.0 Å². The van der Waals surface area contributed by atoms with Gasteiger partial charge in [0.05, 0.1) is 12.4 Å². The lowest BCUT2D eigenvalue weighted by molar-refractivity contribution is -0.142. The Balaban J connectivity index is 1.77. The highest BCUT2D eigenvalue weighted by Gasteiger charge is 2.30. The Bertz CT molecular complexity index is 1250. The molecule has 0 aliphatic heterocycles. The second kappa shape index (κ2) is 12.9. The molecule has 0 fully saturated rings. The highest BCUT2D eigenvalue weighted by Crippen LogP contribution is 2.19. The summed E-state index contributed by atoms with van der Waals surface area (Å²) in [5.74, 6) is -2.77. The van der Waals surface area contributed by atoms with Gasteiger partial charge in [0.1, 0.15) is 18.1 Å². The SMILES string of the molecule is CC(C)CC(N)C(=O)NC(C)C(=O)NC(Cc1c[nH]c2ccccc12)C(=O)NC(Cc1cnc[nH]1)C(=O)O. The van der Waals surface area contributed by atoms with Crippen molar-refractivity contribution in [1.29, 1.82) is 0 Å². The average molecular weight is 526 g/mol. The molecule has 3 amide bonds. The molecule has 3 rings (SSSR count). The van der Waals surface area contributed by atoms with Crippen molar-refractivity contribution in [3.63, 3.8) is 0 Å². The van der Waals surface area contributed by atoms with Crippen LogP contribution >= 0.6 is 0 Å². The number of aromatic amines is 2. The van der Waals surface area contributed by atoms with E-state index in [-0.39, 0.29) is 18.8 Å². The van der Waals surface area contributed by atoms with Gasteiger partial charge < -0.3 is 36.8 Å². The van der Waals surface area contributed by atoms with E-state index in [4.69, 9.17) is 5.73 Å². The van der Waals surface area contributed by atoms with Gasteiger partial charge in [0.25, 0.3) is 0 Å². The minimum absolute atomic E-state index is 0.0188. The van der Waals surface area contributed by atoms with Crippen LogP contribution in [0.15, 0.2) is 43.0 Å². The normalized spacial score (nSPS) is 14.4. The molecule has 0 radical (unpaired) electrons. The topological polar surface area (TPSA) is 195 Å². The van der Waals surface area contributed by atoms with E-state index in [1.807, 2.05) is 38.1 Å². The maximum Gasteiger partial charge on any atom is 0.326 e. The number of fused-ring (bicyclic) bond motifs is 1. The van der Waals surface area contributed by atoms with E-state index in [0.29, 0.717) is 12.1 Å². The minimum Gasteiger partial charge on any atom is -0.480 e. The highest BCUT2D eigenvalue weighted by atomic mass is 16.4. The van der Waals surface area contributed by atoms with Crippen LogP contribution in [0.25, 0.3) is 10.9 Å². The number of para-hydroxylation sites is 1. The van der Waals surface area contributed by atoms with Gasteiger partial charge in [-0.15, -0.1) is 0 Å². The molecule has 3 aromatic rings. The van der Waals surface area contributed by atoms with E-state index < -0.39 is 47.9 Å². The van der Waals surface area contributed by atoms with E-state index in [2.05, 4.69) is 30.9 Å². The van der Waals surface area contributed by atoms with Crippen molar-refractivity contribution < 1.29 is 24.3 Å². The lowest BCUT2D eigenvalue weighted by Gasteiger charge is -2.24. The summed E-state index contributed by atoms with van der Waals surface area (Å²) in [6, 6.07) is 3.38. The van der Waals surface area contributed by atoms with E-state index in [1.54, 1.807) is 6.20 Å². The van der Waals surface area contributed by atoms with Crippen molar-refractivity contribution in [3.8, 4) is 0 Å². The minimum atomic E-state index is -1.25. The predicted molar refractivity (Wildman–Crippen MR) is 141 cm³/mol.